The number of amides is 2. The molecule has 1 saturated heterocycles. The molecule has 0 saturated carbocycles. The maximum absolute atomic E-state index is 13.3. The lowest BCUT2D eigenvalue weighted by molar-refractivity contribution is -0.122. The average Bonchev–Trinajstić information content (AvgIpc) is 3.19. The summed E-state index contributed by atoms with van der Waals surface area (Å²) in [6, 6.07) is 14.6. The van der Waals surface area contributed by atoms with Gasteiger partial charge in [-0.3, -0.25) is 14.5 Å². The Morgan fingerprint density at radius 3 is 2.36 bits per heavy atom. The first-order valence-corrected chi connectivity index (χ1v) is 13.6. The minimum Gasteiger partial charge on any atom is -0.490 e. The van der Waals surface area contributed by atoms with Gasteiger partial charge in [0.15, 0.2) is 23.3 Å². The minimum atomic E-state index is -0.428. The van der Waals surface area contributed by atoms with Gasteiger partial charge in [-0.05, 0) is 114 Å². The second-order valence-corrected chi connectivity index (χ2v) is 10.0. The summed E-state index contributed by atoms with van der Waals surface area (Å²) in [4.78, 5) is 31.9. The Morgan fingerprint density at radius 1 is 1.05 bits per heavy atom. The molecule has 1 aliphatic rings. The first-order valence-electron chi connectivity index (χ1n) is 12.0. The van der Waals surface area contributed by atoms with Crippen molar-refractivity contribution in [2.75, 3.05) is 25.1 Å². The molecule has 0 bridgehead atoms. The Morgan fingerprint density at radius 2 is 1.72 bits per heavy atom. The van der Waals surface area contributed by atoms with Gasteiger partial charge in [0, 0.05) is 12.2 Å². The second kappa shape index (κ2) is 12.9. The molecule has 3 aromatic carbocycles. The molecule has 0 unspecified atom stereocenters. The summed E-state index contributed by atoms with van der Waals surface area (Å²) < 4.78 is 38.4. The highest BCUT2D eigenvalue weighted by molar-refractivity contribution is 9.10. The zero-order valence-corrected chi connectivity index (χ0v) is 23.4. The van der Waals surface area contributed by atoms with Crippen molar-refractivity contribution in [1.29, 1.82) is 0 Å². The van der Waals surface area contributed by atoms with E-state index in [9.17, 15) is 18.4 Å². The van der Waals surface area contributed by atoms with E-state index in [-0.39, 0.29) is 18.3 Å². The van der Waals surface area contributed by atoms with Gasteiger partial charge < -0.3 is 14.8 Å². The van der Waals surface area contributed by atoms with Crippen molar-refractivity contribution < 1.29 is 27.8 Å². The highest BCUT2D eigenvalue weighted by Crippen LogP contribution is 2.39. The van der Waals surface area contributed by atoms with Crippen molar-refractivity contribution in [2.24, 2.45) is 4.99 Å². The van der Waals surface area contributed by atoms with Gasteiger partial charge in [0.05, 0.1) is 21.7 Å². The summed E-state index contributed by atoms with van der Waals surface area (Å²) in [7, 11) is 0. The first-order chi connectivity index (χ1) is 18.8. The van der Waals surface area contributed by atoms with E-state index in [2.05, 4.69) is 26.2 Å². The summed E-state index contributed by atoms with van der Waals surface area (Å²) >= 11 is 4.70. The molecule has 2 amide bonds. The molecule has 1 aliphatic heterocycles. The monoisotopic (exact) mass is 615 g/mol. The number of nitrogens with one attached hydrogen (secondary N) is 1. The number of benzene rings is 3. The largest absolute Gasteiger partial charge is 0.490 e. The highest BCUT2D eigenvalue weighted by Gasteiger charge is 2.32. The van der Waals surface area contributed by atoms with E-state index in [0.717, 1.165) is 0 Å². The fraction of sp³-hybridized carbons (Fsp3) is 0.179. The SMILES string of the molecule is CCOc1cc(/C=C2/SC(=Nc3ccc(F)cc3)N(CC)C2=O)cc(Br)c1OCC(=O)Nc1ccc(F)cc1. The van der Waals surface area contributed by atoms with E-state index in [1.54, 1.807) is 35.2 Å². The van der Waals surface area contributed by atoms with Crippen molar-refractivity contribution in [2.45, 2.75) is 13.8 Å². The molecule has 1 fully saturated rings. The number of hydrogen-bond acceptors (Lipinski definition) is 6. The predicted molar refractivity (Wildman–Crippen MR) is 152 cm³/mol. The minimum absolute atomic E-state index is 0.199. The Hall–Kier alpha value is -3.70. The van der Waals surface area contributed by atoms with Gasteiger partial charge in [-0.1, -0.05) is 0 Å². The number of thioether (sulfide) groups is 1. The lowest BCUT2D eigenvalue weighted by atomic mass is 10.2. The molecule has 202 valence electrons. The summed E-state index contributed by atoms with van der Waals surface area (Å²) in [5.74, 6) is -0.679. The van der Waals surface area contributed by atoms with E-state index >= 15 is 0 Å². The molecule has 0 aromatic heterocycles. The number of anilines is 1. The number of rotatable bonds is 9. The second-order valence-electron chi connectivity index (χ2n) is 8.14. The van der Waals surface area contributed by atoms with Gasteiger partial charge in [-0.25, -0.2) is 13.8 Å². The van der Waals surface area contributed by atoms with Crippen LogP contribution in [-0.2, 0) is 9.59 Å². The van der Waals surface area contributed by atoms with Crippen LogP contribution >= 0.6 is 27.7 Å². The van der Waals surface area contributed by atoms with Crippen LogP contribution in [0.2, 0.25) is 0 Å². The maximum Gasteiger partial charge on any atom is 0.266 e. The number of ether oxygens (including phenoxy) is 2. The molecule has 0 radical (unpaired) electrons. The Bertz CT molecular complexity index is 1430. The number of carbonyl (C=O) groups excluding carboxylic acids is 2. The molecule has 11 heteroatoms. The standard InChI is InChI=1S/C28H24BrF2N3O4S/c1-3-34-27(36)24(39-28(34)33-21-11-7-19(31)8-12-21)15-17-13-22(29)26(23(14-17)37-4-2)38-16-25(35)32-20-9-5-18(30)6-10-20/h5-15H,3-4,16H2,1-2H3,(H,32,35)/b24-15+,33-28?. The highest BCUT2D eigenvalue weighted by atomic mass is 79.9. The van der Waals surface area contributed by atoms with Crippen LogP contribution in [0.25, 0.3) is 6.08 Å². The van der Waals surface area contributed by atoms with Crippen LogP contribution in [0.5, 0.6) is 11.5 Å². The summed E-state index contributed by atoms with van der Waals surface area (Å²) in [5, 5.41) is 3.13. The van der Waals surface area contributed by atoms with E-state index in [4.69, 9.17) is 9.47 Å². The van der Waals surface area contributed by atoms with Crippen molar-refractivity contribution in [1.82, 2.24) is 4.90 Å². The van der Waals surface area contributed by atoms with Crippen LogP contribution in [0.15, 0.2) is 75.0 Å². The predicted octanol–water partition coefficient (Wildman–Crippen LogP) is 6.77. The van der Waals surface area contributed by atoms with Crippen molar-refractivity contribution in [3.8, 4) is 11.5 Å². The molecule has 39 heavy (non-hydrogen) atoms. The number of nitrogens with zero attached hydrogens (tertiary/aromatic N) is 2. The lowest BCUT2D eigenvalue weighted by Crippen LogP contribution is -2.28. The van der Waals surface area contributed by atoms with Gasteiger partial charge in [0.1, 0.15) is 11.6 Å². The molecule has 0 aliphatic carbocycles. The van der Waals surface area contributed by atoms with Crippen LogP contribution < -0.4 is 14.8 Å². The third kappa shape index (κ3) is 7.24. The van der Waals surface area contributed by atoms with Gasteiger partial charge in [0.25, 0.3) is 11.8 Å². The average molecular weight is 616 g/mol. The van der Waals surface area contributed by atoms with E-state index in [1.165, 1.54) is 48.2 Å². The summed E-state index contributed by atoms with van der Waals surface area (Å²) in [5.41, 5.74) is 1.65. The van der Waals surface area contributed by atoms with Crippen molar-refractivity contribution in [3.05, 3.63) is 87.2 Å². The molecule has 7 nitrogen and oxygen atoms in total. The number of likely N-dealkylation sites (N-methyl/N-ethyl adjacent to an activating group) is 1. The van der Waals surface area contributed by atoms with Crippen molar-refractivity contribution >= 4 is 62.1 Å². The smallest absolute Gasteiger partial charge is 0.266 e. The first kappa shape index (κ1) is 28.3. The van der Waals surface area contributed by atoms with Crippen LogP contribution in [0.3, 0.4) is 0 Å². The quantitative estimate of drug-likeness (QED) is 0.269. The number of carbonyl (C=O) groups is 2. The van der Waals surface area contributed by atoms with Crippen molar-refractivity contribution in [3.63, 3.8) is 0 Å². The van der Waals surface area contributed by atoms with E-state index in [1.807, 2.05) is 13.8 Å². The molecule has 0 atom stereocenters. The lowest BCUT2D eigenvalue weighted by Gasteiger charge is -2.15. The number of hydrogen-bond donors (Lipinski definition) is 1. The van der Waals surface area contributed by atoms with Crippen LogP contribution in [-0.4, -0.2) is 41.6 Å². The summed E-state index contributed by atoms with van der Waals surface area (Å²) in [6.07, 6.45) is 1.72. The Kier molecular flexibility index (Phi) is 9.36. The zero-order chi connectivity index (χ0) is 27.9. The van der Waals surface area contributed by atoms with E-state index in [0.29, 0.717) is 56.1 Å². The fourth-order valence-corrected chi connectivity index (χ4v) is 5.23. The number of aliphatic imine (C=N–C) groups is 1. The van der Waals surface area contributed by atoms with Gasteiger partial charge in [-0.2, -0.15) is 0 Å². The summed E-state index contributed by atoms with van der Waals surface area (Å²) in [6.45, 7) is 4.13. The number of amidine groups is 1. The Labute approximate surface area is 237 Å². The molecule has 3 aromatic rings. The van der Waals surface area contributed by atoms with Crippen LogP contribution in [0.4, 0.5) is 20.2 Å². The van der Waals surface area contributed by atoms with Gasteiger partial charge in [0.2, 0.25) is 0 Å². The normalized spacial score (nSPS) is 15.2. The van der Waals surface area contributed by atoms with E-state index < -0.39 is 11.7 Å². The zero-order valence-electron chi connectivity index (χ0n) is 21.0. The Balaban J connectivity index is 1.53. The molecular weight excluding hydrogens is 592 g/mol. The number of halogens is 3. The molecular formula is C28H24BrF2N3O4S. The van der Waals surface area contributed by atoms with Gasteiger partial charge >= 0.3 is 0 Å². The van der Waals surface area contributed by atoms with Crippen LogP contribution in [0.1, 0.15) is 19.4 Å². The van der Waals surface area contributed by atoms with Gasteiger partial charge in [-0.15, -0.1) is 0 Å². The molecule has 0 spiro atoms. The molecule has 4 rings (SSSR count). The fourth-order valence-electron chi connectivity index (χ4n) is 3.59. The molecule has 1 heterocycles. The third-order valence-electron chi connectivity index (χ3n) is 5.36. The van der Waals surface area contributed by atoms with Crippen LogP contribution in [0, 0.1) is 11.6 Å². The topological polar surface area (TPSA) is 80.2 Å². The maximum atomic E-state index is 13.3. The molecule has 1 N–H and O–H groups in total. The third-order valence-corrected chi connectivity index (χ3v) is 6.96.